The van der Waals surface area contributed by atoms with Crippen LogP contribution in [0.4, 0.5) is 4.39 Å². The zero-order valence-corrected chi connectivity index (χ0v) is 12.8. The van der Waals surface area contributed by atoms with E-state index >= 15 is 0 Å². The van der Waals surface area contributed by atoms with Crippen molar-refractivity contribution in [2.24, 2.45) is 0 Å². The Morgan fingerprint density at radius 2 is 2.00 bits per heavy atom. The second-order valence-corrected chi connectivity index (χ2v) is 5.42. The lowest BCUT2D eigenvalue weighted by Crippen LogP contribution is -2.46. The van der Waals surface area contributed by atoms with Gasteiger partial charge in [-0.2, -0.15) is 0 Å². The van der Waals surface area contributed by atoms with Gasteiger partial charge in [-0.05, 0) is 12.1 Å². The van der Waals surface area contributed by atoms with Gasteiger partial charge in [0.15, 0.2) is 0 Å². The highest BCUT2D eigenvalue weighted by molar-refractivity contribution is 7.13. The average Bonchev–Trinajstić information content (AvgIpc) is 2.97. The molecular weight excluding hydrogens is 313 g/mol. The van der Waals surface area contributed by atoms with E-state index in [0.717, 1.165) is 13.1 Å². The first-order valence-corrected chi connectivity index (χ1v) is 7.34. The fourth-order valence-electron chi connectivity index (χ4n) is 2.16. The topological polar surface area (TPSA) is 45.2 Å². The summed E-state index contributed by atoms with van der Waals surface area (Å²) >= 11 is 1.29. The Kier molecular flexibility index (Phi) is 5.27. The second kappa shape index (κ2) is 6.98. The number of thiazole rings is 1. The van der Waals surface area contributed by atoms with Crippen molar-refractivity contribution in [3.05, 3.63) is 41.2 Å². The number of rotatable bonds is 2. The number of hydrogen-bond donors (Lipinski definition) is 1. The summed E-state index contributed by atoms with van der Waals surface area (Å²) in [5, 5.41) is 5.44. The Balaban J connectivity index is 0.00000161. The van der Waals surface area contributed by atoms with Crippen molar-refractivity contribution >= 4 is 29.7 Å². The van der Waals surface area contributed by atoms with E-state index in [4.69, 9.17) is 0 Å². The van der Waals surface area contributed by atoms with Crippen LogP contribution in [0.5, 0.6) is 0 Å². The predicted octanol–water partition coefficient (Wildman–Crippen LogP) is 2.42. The fourth-order valence-corrected chi connectivity index (χ4v) is 2.98. The van der Waals surface area contributed by atoms with Gasteiger partial charge in [0.25, 0.3) is 5.91 Å². The minimum absolute atomic E-state index is 0. The van der Waals surface area contributed by atoms with Crippen LogP contribution in [0.1, 0.15) is 10.5 Å². The maximum absolute atomic E-state index is 13.7. The molecule has 0 bridgehead atoms. The summed E-state index contributed by atoms with van der Waals surface area (Å²) in [6.07, 6.45) is 0. The van der Waals surface area contributed by atoms with Gasteiger partial charge in [0.2, 0.25) is 0 Å². The van der Waals surface area contributed by atoms with Gasteiger partial charge in [-0.15, -0.1) is 23.7 Å². The maximum atomic E-state index is 13.7. The normalized spacial score (nSPS) is 14.6. The van der Waals surface area contributed by atoms with Crippen molar-refractivity contribution in [2.75, 3.05) is 26.2 Å². The van der Waals surface area contributed by atoms with E-state index in [1.54, 1.807) is 28.5 Å². The standard InChI is InChI=1S/C14H14FN3OS.ClH/c15-11-4-2-1-3-10(11)13-17-12(9-20-13)14(19)18-7-5-16-6-8-18;/h1-4,9,16H,5-8H2;1H. The van der Waals surface area contributed by atoms with Crippen LogP contribution in [0.25, 0.3) is 10.6 Å². The van der Waals surface area contributed by atoms with Crippen molar-refractivity contribution in [1.82, 2.24) is 15.2 Å². The van der Waals surface area contributed by atoms with Crippen LogP contribution in [0, 0.1) is 5.82 Å². The van der Waals surface area contributed by atoms with Crippen LogP contribution in [0.2, 0.25) is 0 Å². The number of halogens is 2. The molecule has 0 atom stereocenters. The van der Waals surface area contributed by atoms with Gasteiger partial charge in [-0.3, -0.25) is 4.79 Å². The third kappa shape index (κ3) is 3.40. The molecule has 3 rings (SSSR count). The number of amides is 1. The van der Waals surface area contributed by atoms with Gasteiger partial charge in [-0.1, -0.05) is 12.1 Å². The maximum Gasteiger partial charge on any atom is 0.273 e. The van der Waals surface area contributed by atoms with E-state index in [1.165, 1.54) is 17.4 Å². The molecular formula is C14H15ClFN3OS. The zero-order chi connectivity index (χ0) is 13.9. The summed E-state index contributed by atoms with van der Waals surface area (Å²) in [6.45, 7) is 2.98. The van der Waals surface area contributed by atoms with Gasteiger partial charge in [0.1, 0.15) is 16.5 Å². The molecule has 1 N–H and O–H groups in total. The molecule has 0 unspecified atom stereocenters. The van der Waals surface area contributed by atoms with Crippen LogP contribution in [-0.2, 0) is 0 Å². The van der Waals surface area contributed by atoms with Crippen molar-refractivity contribution in [3.8, 4) is 10.6 Å². The minimum atomic E-state index is -0.317. The van der Waals surface area contributed by atoms with E-state index in [-0.39, 0.29) is 24.1 Å². The SMILES string of the molecule is Cl.O=C(c1csc(-c2ccccc2F)n1)N1CCNCC1. The highest BCUT2D eigenvalue weighted by atomic mass is 35.5. The van der Waals surface area contributed by atoms with Crippen LogP contribution in [0.15, 0.2) is 29.6 Å². The van der Waals surface area contributed by atoms with Gasteiger partial charge < -0.3 is 10.2 Å². The molecule has 7 heteroatoms. The molecule has 2 heterocycles. The van der Waals surface area contributed by atoms with Gasteiger partial charge in [0, 0.05) is 37.1 Å². The summed E-state index contributed by atoms with van der Waals surface area (Å²) in [5.74, 6) is -0.395. The number of aromatic nitrogens is 1. The third-order valence-corrected chi connectivity index (χ3v) is 4.11. The highest BCUT2D eigenvalue weighted by Gasteiger charge is 2.21. The molecule has 1 aliphatic heterocycles. The van der Waals surface area contributed by atoms with E-state index in [9.17, 15) is 9.18 Å². The Morgan fingerprint density at radius 1 is 1.29 bits per heavy atom. The van der Waals surface area contributed by atoms with Crippen LogP contribution >= 0.6 is 23.7 Å². The summed E-state index contributed by atoms with van der Waals surface area (Å²) in [7, 11) is 0. The van der Waals surface area contributed by atoms with Crippen molar-refractivity contribution in [1.29, 1.82) is 0 Å². The Hall–Kier alpha value is -1.50. The Labute approximate surface area is 132 Å². The summed E-state index contributed by atoms with van der Waals surface area (Å²) in [5.41, 5.74) is 0.840. The first-order valence-electron chi connectivity index (χ1n) is 6.46. The number of hydrogen-bond acceptors (Lipinski definition) is 4. The summed E-state index contributed by atoms with van der Waals surface area (Å²) in [6, 6.07) is 6.47. The third-order valence-electron chi connectivity index (χ3n) is 3.23. The summed E-state index contributed by atoms with van der Waals surface area (Å²) < 4.78 is 13.7. The van der Waals surface area contributed by atoms with E-state index in [2.05, 4.69) is 10.3 Å². The number of carbonyl (C=O) groups excluding carboxylic acids is 1. The van der Waals surface area contributed by atoms with Crippen molar-refractivity contribution in [3.63, 3.8) is 0 Å². The lowest BCUT2D eigenvalue weighted by molar-refractivity contribution is 0.0731. The Bertz CT molecular complexity index is 628. The minimum Gasteiger partial charge on any atom is -0.335 e. The first-order chi connectivity index (χ1) is 9.75. The molecule has 1 saturated heterocycles. The zero-order valence-electron chi connectivity index (χ0n) is 11.2. The molecule has 0 saturated carbocycles. The van der Waals surface area contributed by atoms with Crippen LogP contribution < -0.4 is 5.32 Å². The number of nitrogens with zero attached hydrogens (tertiary/aromatic N) is 2. The van der Waals surface area contributed by atoms with Crippen LogP contribution in [0.3, 0.4) is 0 Å². The van der Waals surface area contributed by atoms with Gasteiger partial charge >= 0.3 is 0 Å². The molecule has 112 valence electrons. The molecule has 1 fully saturated rings. The van der Waals surface area contributed by atoms with Gasteiger partial charge in [0.05, 0.1) is 0 Å². The highest BCUT2D eigenvalue weighted by Crippen LogP contribution is 2.26. The largest absolute Gasteiger partial charge is 0.335 e. The number of benzene rings is 1. The molecule has 1 aromatic carbocycles. The lowest BCUT2D eigenvalue weighted by atomic mass is 10.2. The van der Waals surface area contributed by atoms with Crippen molar-refractivity contribution in [2.45, 2.75) is 0 Å². The van der Waals surface area contributed by atoms with E-state index in [0.29, 0.717) is 29.4 Å². The quantitative estimate of drug-likeness (QED) is 0.921. The number of nitrogens with one attached hydrogen (secondary N) is 1. The molecule has 1 aromatic heterocycles. The van der Waals surface area contributed by atoms with Crippen molar-refractivity contribution < 1.29 is 9.18 Å². The molecule has 0 radical (unpaired) electrons. The summed E-state index contributed by atoms with van der Waals surface area (Å²) in [4.78, 5) is 18.3. The number of piperazine rings is 1. The molecule has 21 heavy (non-hydrogen) atoms. The molecule has 0 spiro atoms. The predicted molar refractivity (Wildman–Crippen MR) is 83.5 cm³/mol. The lowest BCUT2D eigenvalue weighted by Gasteiger charge is -2.26. The first kappa shape index (κ1) is 15.9. The average molecular weight is 328 g/mol. The molecule has 1 aliphatic rings. The Morgan fingerprint density at radius 3 is 2.71 bits per heavy atom. The van der Waals surface area contributed by atoms with E-state index in [1.807, 2.05) is 0 Å². The van der Waals surface area contributed by atoms with E-state index < -0.39 is 0 Å². The molecule has 1 amide bonds. The second-order valence-electron chi connectivity index (χ2n) is 4.56. The smallest absolute Gasteiger partial charge is 0.273 e. The van der Waals surface area contributed by atoms with Gasteiger partial charge in [-0.25, -0.2) is 9.37 Å². The molecule has 2 aromatic rings. The van der Waals surface area contributed by atoms with Crippen LogP contribution in [-0.4, -0.2) is 42.0 Å². The number of carbonyl (C=O) groups is 1. The monoisotopic (exact) mass is 327 g/mol. The molecule has 0 aliphatic carbocycles. The fraction of sp³-hybridized carbons (Fsp3) is 0.286. The molecule has 4 nitrogen and oxygen atoms in total.